The Kier molecular flexibility index (Phi) is 5.32. The van der Waals surface area contributed by atoms with Crippen molar-refractivity contribution in [1.82, 2.24) is 9.78 Å². The van der Waals surface area contributed by atoms with Gasteiger partial charge in [-0.1, -0.05) is 11.6 Å². The molecule has 11 heteroatoms. The molecule has 0 saturated carbocycles. The summed E-state index contributed by atoms with van der Waals surface area (Å²) < 4.78 is 6.09. The predicted molar refractivity (Wildman–Crippen MR) is 87.1 cm³/mol. The number of hydrazone groups is 1. The van der Waals surface area contributed by atoms with E-state index in [1.165, 1.54) is 16.9 Å². The Hall–Kier alpha value is -3.14. The zero-order chi connectivity index (χ0) is 17.7. The molecule has 2 aromatic rings. The van der Waals surface area contributed by atoms with Crippen LogP contribution < -0.4 is 11.2 Å². The third-order valence-corrected chi connectivity index (χ3v) is 3.10. The third kappa shape index (κ3) is 3.79. The van der Waals surface area contributed by atoms with Gasteiger partial charge in [-0.25, -0.2) is 9.48 Å². The van der Waals surface area contributed by atoms with E-state index in [1.54, 1.807) is 19.2 Å². The fraction of sp³-hybridized carbons (Fsp3) is 0.154. The summed E-state index contributed by atoms with van der Waals surface area (Å²) in [6, 6.07) is 4.19. The Balaban J connectivity index is 2.40. The van der Waals surface area contributed by atoms with Crippen LogP contribution in [-0.4, -0.2) is 33.1 Å². The van der Waals surface area contributed by atoms with Gasteiger partial charge < -0.3 is 10.5 Å². The molecule has 3 N–H and O–H groups in total. The van der Waals surface area contributed by atoms with E-state index in [2.05, 4.69) is 20.4 Å². The Morgan fingerprint density at radius 3 is 2.92 bits per heavy atom. The summed E-state index contributed by atoms with van der Waals surface area (Å²) in [7, 11) is 0. The minimum atomic E-state index is -0.839. The Morgan fingerprint density at radius 2 is 2.33 bits per heavy atom. The lowest BCUT2D eigenvalue weighted by Crippen LogP contribution is -2.27. The molecule has 0 aliphatic heterocycles. The molecule has 24 heavy (non-hydrogen) atoms. The van der Waals surface area contributed by atoms with E-state index in [1.807, 2.05) is 0 Å². The van der Waals surface area contributed by atoms with Crippen LogP contribution in [0.2, 0.25) is 5.02 Å². The summed E-state index contributed by atoms with van der Waals surface area (Å²) in [5.41, 5.74) is 7.86. The van der Waals surface area contributed by atoms with Crippen molar-refractivity contribution < 1.29 is 14.5 Å². The van der Waals surface area contributed by atoms with Crippen molar-refractivity contribution in [3.8, 4) is 5.69 Å². The number of aromatic nitrogens is 2. The smallest absolute Gasteiger partial charge is 0.375 e. The zero-order valence-corrected chi connectivity index (χ0v) is 13.2. The van der Waals surface area contributed by atoms with E-state index in [9.17, 15) is 14.9 Å². The molecule has 126 valence electrons. The fourth-order valence-corrected chi connectivity index (χ4v) is 1.99. The van der Waals surface area contributed by atoms with Crippen molar-refractivity contribution in [3.05, 3.63) is 45.7 Å². The molecule has 0 radical (unpaired) electrons. The maximum atomic E-state index is 11.4. The van der Waals surface area contributed by atoms with Crippen molar-refractivity contribution in [3.63, 3.8) is 0 Å². The van der Waals surface area contributed by atoms with Crippen LogP contribution in [0.1, 0.15) is 6.92 Å². The van der Waals surface area contributed by atoms with E-state index in [0.29, 0.717) is 5.69 Å². The summed E-state index contributed by atoms with van der Waals surface area (Å²) in [5, 5.41) is 18.9. The number of esters is 1. The first kappa shape index (κ1) is 17.2. The highest BCUT2D eigenvalue weighted by atomic mass is 35.5. The van der Waals surface area contributed by atoms with Gasteiger partial charge >= 0.3 is 5.97 Å². The van der Waals surface area contributed by atoms with E-state index in [4.69, 9.17) is 17.3 Å². The van der Waals surface area contributed by atoms with Crippen LogP contribution in [0.5, 0.6) is 0 Å². The molecule has 0 aliphatic rings. The van der Waals surface area contributed by atoms with E-state index in [0.717, 1.165) is 6.07 Å². The van der Waals surface area contributed by atoms with Gasteiger partial charge in [0.1, 0.15) is 5.69 Å². The second-order valence-electron chi connectivity index (χ2n) is 4.36. The lowest BCUT2D eigenvalue weighted by molar-refractivity contribution is -0.383. The Bertz CT molecular complexity index is 790. The van der Waals surface area contributed by atoms with Crippen molar-refractivity contribution in [1.29, 1.82) is 0 Å². The van der Waals surface area contributed by atoms with E-state index >= 15 is 0 Å². The molecular weight excluding hydrogens is 340 g/mol. The quantitative estimate of drug-likeness (QED) is 0.274. The zero-order valence-electron chi connectivity index (χ0n) is 12.5. The molecule has 0 amide bonds. The Morgan fingerprint density at radius 1 is 1.58 bits per heavy atom. The number of nitrogens with zero attached hydrogens (tertiary/aromatic N) is 4. The molecule has 0 aliphatic carbocycles. The van der Waals surface area contributed by atoms with Crippen LogP contribution in [0.25, 0.3) is 5.69 Å². The number of carbonyl (C=O) groups is 1. The maximum absolute atomic E-state index is 11.4. The van der Waals surface area contributed by atoms with Crippen LogP contribution in [-0.2, 0) is 9.53 Å². The topological polar surface area (TPSA) is 138 Å². The van der Waals surface area contributed by atoms with Crippen LogP contribution in [0.15, 0.2) is 35.7 Å². The van der Waals surface area contributed by atoms with Gasteiger partial charge in [0.15, 0.2) is 0 Å². The standard InChI is InChI=1S/C13H13ClN6O4/c1-2-24-13(21)12(15)18-17-9-7-10(19-5-3-4-16-19)8(14)6-11(9)20(22)23/h3-7,17H,2H2,1H3,(H2,15,18). The van der Waals surface area contributed by atoms with Crippen LogP contribution in [0.4, 0.5) is 11.4 Å². The first-order valence-electron chi connectivity index (χ1n) is 6.68. The van der Waals surface area contributed by atoms with Gasteiger partial charge in [0.2, 0.25) is 5.84 Å². The molecule has 0 unspecified atom stereocenters. The minimum Gasteiger partial charge on any atom is -0.460 e. The molecule has 1 aromatic heterocycles. The number of amidine groups is 1. The van der Waals surface area contributed by atoms with Gasteiger partial charge in [-0.2, -0.15) is 5.10 Å². The highest BCUT2D eigenvalue weighted by molar-refractivity contribution is 6.35. The van der Waals surface area contributed by atoms with Crippen LogP contribution in [0, 0.1) is 10.1 Å². The number of rotatable bonds is 5. The number of benzene rings is 1. The van der Waals surface area contributed by atoms with Gasteiger partial charge in [0, 0.05) is 18.5 Å². The molecule has 0 bridgehead atoms. The number of ether oxygens (including phenoxy) is 1. The van der Waals surface area contributed by atoms with Crippen molar-refractivity contribution >= 4 is 34.8 Å². The molecule has 1 heterocycles. The lowest BCUT2D eigenvalue weighted by atomic mass is 10.2. The largest absolute Gasteiger partial charge is 0.460 e. The number of hydrogen-bond acceptors (Lipinski definition) is 7. The average molecular weight is 353 g/mol. The molecule has 0 fully saturated rings. The normalized spacial score (nSPS) is 11.2. The molecule has 1 aromatic carbocycles. The van der Waals surface area contributed by atoms with Gasteiger partial charge in [0.25, 0.3) is 5.69 Å². The number of anilines is 1. The van der Waals surface area contributed by atoms with E-state index < -0.39 is 16.7 Å². The van der Waals surface area contributed by atoms with E-state index in [-0.39, 0.29) is 23.0 Å². The van der Waals surface area contributed by atoms with Gasteiger partial charge in [-0.15, -0.1) is 5.10 Å². The van der Waals surface area contributed by atoms with Crippen LogP contribution >= 0.6 is 11.6 Å². The molecule has 2 rings (SSSR count). The molecular formula is C13H13ClN6O4. The monoisotopic (exact) mass is 352 g/mol. The number of nitro benzene ring substituents is 1. The SMILES string of the molecule is CCOC(=O)/C(N)=N\Nc1cc(-n2cccn2)c(Cl)cc1[N+](=O)[O-]. The average Bonchev–Trinajstić information content (AvgIpc) is 3.07. The van der Waals surface area contributed by atoms with Gasteiger partial charge in [-0.3, -0.25) is 15.5 Å². The number of nitro groups is 1. The summed E-state index contributed by atoms with van der Waals surface area (Å²) in [5.74, 6) is -1.31. The lowest BCUT2D eigenvalue weighted by Gasteiger charge is -2.09. The third-order valence-electron chi connectivity index (χ3n) is 2.79. The molecule has 0 atom stereocenters. The number of nitrogens with one attached hydrogen (secondary N) is 1. The van der Waals surface area contributed by atoms with Crippen molar-refractivity contribution in [2.45, 2.75) is 6.92 Å². The first-order valence-corrected chi connectivity index (χ1v) is 7.06. The Labute approximate surface area is 141 Å². The second-order valence-corrected chi connectivity index (χ2v) is 4.77. The summed E-state index contributed by atoms with van der Waals surface area (Å²) in [6.07, 6.45) is 3.15. The second kappa shape index (κ2) is 7.42. The molecule has 10 nitrogen and oxygen atoms in total. The number of halogens is 1. The van der Waals surface area contributed by atoms with Crippen LogP contribution in [0.3, 0.4) is 0 Å². The van der Waals surface area contributed by atoms with Gasteiger partial charge in [-0.05, 0) is 19.1 Å². The molecule has 0 saturated heterocycles. The maximum Gasteiger partial charge on any atom is 0.375 e. The van der Waals surface area contributed by atoms with Crippen molar-refractivity contribution in [2.24, 2.45) is 10.8 Å². The molecule has 0 spiro atoms. The highest BCUT2D eigenvalue weighted by Gasteiger charge is 2.19. The number of hydrogen-bond donors (Lipinski definition) is 2. The summed E-state index contributed by atoms with van der Waals surface area (Å²) in [4.78, 5) is 21.9. The highest BCUT2D eigenvalue weighted by Crippen LogP contribution is 2.33. The fourth-order valence-electron chi connectivity index (χ4n) is 1.75. The van der Waals surface area contributed by atoms with Gasteiger partial charge in [0.05, 0.1) is 22.2 Å². The summed E-state index contributed by atoms with van der Waals surface area (Å²) >= 11 is 6.06. The predicted octanol–water partition coefficient (Wildman–Crippen LogP) is 1.68. The summed E-state index contributed by atoms with van der Waals surface area (Å²) in [6.45, 7) is 1.73. The first-order chi connectivity index (χ1) is 11.4. The van der Waals surface area contributed by atoms with Crippen molar-refractivity contribution in [2.75, 3.05) is 12.0 Å². The number of nitrogens with two attached hydrogens (primary N) is 1. The minimum absolute atomic E-state index is 0.0119. The number of carbonyl (C=O) groups excluding carboxylic acids is 1.